The molecule has 2 unspecified atom stereocenters. The van der Waals surface area contributed by atoms with E-state index in [1.807, 2.05) is 18.7 Å². The summed E-state index contributed by atoms with van der Waals surface area (Å²) in [6.45, 7) is 8.24. The molecule has 1 rings (SSSR count). The zero-order valence-electron chi connectivity index (χ0n) is 9.53. The largest absolute Gasteiger partial charge is 0.390 e. The summed E-state index contributed by atoms with van der Waals surface area (Å²) in [6.07, 6.45) is 0.730. The van der Waals surface area contributed by atoms with Gasteiger partial charge in [-0.05, 0) is 26.2 Å². The van der Waals surface area contributed by atoms with Crippen molar-refractivity contribution in [2.24, 2.45) is 5.92 Å². The van der Waals surface area contributed by atoms with Crippen LogP contribution in [0.5, 0.6) is 0 Å². The van der Waals surface area contributed by atoms with Gasteiger partial charge in [0.25, 0.3) is 0 Å². The van der Waals surface area contributed by atoms with Crippen molar-refractivity contribution in [2.45, 2.75) is 58.7 Å². The van der Waals surface area contributed by atoms with Gasteiger partial charge in [0.05, 0.1) is 18.6 Å². The van der Waals surface area contributed by atoms with Gasteiger partial charge in [-0.15, -0.1) is 0 Å². The van der Waals surface area contributed by atoms with Crippen molar-refractivity contribution in [1.82, 2.24) is 4.90 Å². The first-order valence-electron chi connectivity index (χ1n) is 5.42. The van der Waals surface area contributed by atoms with E-state index in [1.165, 1.54) is 0 Å². The number of likely N-dealkylation sites (tertiary alicyclic amines) is 1. The van der Waals surface area contributed by atoms with Crippen LogP contribution in [0.2, 0.25) is 0 Å². The van der Waals surface area contributed by atoms with Crippen LogP contribution in [0.3, 0.4) is 0 Å². The van der Waals surface area contributed by atoms with Crippen LogP contribution >= 0.6 is 0 Å². The van der Waals surface area contributed by atoms with Crippen LogP contribution in [0.1, 0.15) is 40.5 Å². The number of carbonyl (C=O) groups excluding carboxylic acids is 1. The van der Waals surface area contributed by atoms with Crippen LogP contribution in [0.4, 0.5) is 0 Å². The molecular formula is C11H21NO2. The quantitative estimate of drug-likeness (QED) is 0.746. The van der Waals surface area contributed by atoms with Gasteiger partial charge in [0.1, 0.15) is 0 Å². The number of hydrogen-bond donors (Lipinski definition) is 1. The Bertz CT molecular complexity index is 213. The smallest absolute Gasteiger partial charge is 0.225 e. The fourth-order valence-electron chi connectivity index (χ4n) is 2.22. The number of carbonyl (C=O) groups is 1. The minimum absolute atomic E-state index is 0.0301. The third-order valence-electron chi connectivity index (χ3n) is 2.74. The Morgan fingerprint density at radius 3 is 2.43 bits per heavy atom. The molecule has 1 amide bonds. The van der Waals surface area contributed by atoms with Gasteiger partial charge in [0, 0.05) is 6.04 Å². The Balaban J connectivity index is 2.73. The van der Waals surface area contributed by atoms with Gasteiger partial charge in [-0.1, -0.05) is 13.8 Å². The standard InChI is InChI=1S/C11H21NO2/c1-7(2)5-9-10(13)6-11(14)12(9)8(3)4/h7-10,13H,5-6H2,1-4H3. The first-order valence-corrected chi connectivity index (χ1v) is 5.42. The number of hydrogen-bond acceptors (Lipinski definition) is 2. The maximum atomic E-state index is 11.6. The Morgan fingerprint density at radius 2 is 2.00 bits per heavy atom. The maximum Gasteiger partial charge on any atom is 0.225 e. The Morgan fingerprint density at radius 1 is 1.43 bits per heavy atom. The molecule has 1 saturated heterocycles. The first kappa shape index (κ1) is 11.5. The molecular weight excluding hydrogens is 178 g/mol. The molecule has 0 aromatic heterocycles. The number of aliphatic hydroxyl groups excluding tert-OH is 1. The minimum atomic E-state index is -0.465. The lowest BCUT2D eigenvalue weighted by molar-refractivity contribution is -0.130. The van der Waals surface area contributed by atoms with E-state index < -0.39 is 6.10 Å². The fourth-order valence-corrected chi connectivity index (χ4v) is 2.22. The molecule has 0 spiro atoms. The third-order valence-corrected chi connectivity index (χ3v) is 2.74. The zero-order chi connectivity index (χ0) is 10.9. The molecule has 2 atom stereocenters. The second-order valence-corrected chi connectivity index (χ2v) is 4.86. The van der Waals surface area contributed by atoms with E-state index in [1.54, 1.807) is 0 Å². The molecule has 1 aliphatic rings. The monoisotopic (exact) mass is 199 g/mol. The van der Waals surface area contributed by atoms with Gasteiger partial charge >= 0.3 is 0 Å². The predicted octanol–water partition coefficient (Wildman–Crippen LogP) is 1.40. The highest BCUT2D eigenvalue weighted by atomic mass is 16.3. The maximum absolute atomic E-state index is 11.6. The van der Waals surface area contributed by atoms with Crippen molar-refractivity contribution in [3.63, 3.8) is 0 Å². The molecule has 0 radical (unpaired) electrons. The van der Waals surface area contributed by atoms with Crippen molar-refractivity contribution >= 4 is 5.91 Å². The summed E-state index contributed by atoms with van der Waals surface area (Å²) in [4.78, 5) is 13.4. The molecule has 0 saturated carbocycles. The van der Waals surface area contributed by atoms with Crippen LogP contribution in [0.25, 0.3) is 0 Å². The Labute approximate surface area is 86.1 Å². The molecule has 1 fully saturated rings. The highest BCUT2D eigenvalue weighted by molar-refractivity contribution is 5.80. The lowest BCUT2D eigenvalue weighted by atomic mass is 9.99. The van der Waals surface area contributed by atoms with Crippen LogP contribution in [-0.4, -0.2) is 34.1 Å². The molecule has 0 aromatic carbocycles. The molecule has 0 aromatic rings. The molecule has 82 valence electrons. The number of rotatable bonds is 3. The van der Waals surface area contributed by atoms with Crippen LogP contribution in [0, 0.1) is 5.92 Å². The second kappa shape index (κ2) is 4.30. The molecule has 3 heteroatoms. The molecule has 0 bridgehead atoms. The van der Waals surface area contributed by atoms with Crippen molar-refractivity contribution in [1.29, 1.82) is 0 Å². The summed E-state index contributed by atoms with van der Waals surface area (Å²) in [5.74, 6) is 0.611. The molecule has 14 heavy (non-hydrogen) atoms. The highest BCUT2D eigenvalue weighted by Gasteiger charge is 2.39. The zero-order valence-corrected chi connectivity index (χ0v) is 9.53. The van der Waals surface area contributed by atoms with E-state index in [9.17, 15) is 9.90 Å². The van der Waals surface area contributed by atoms with E-state index in [-0.39, 0.29) is 18.0 Å². The average Bonchev–Trinajstić information content (AvgIpc) is 2.25. The molecule has 0 aliphatic carbocycles. The van der Waals surface area contributed by atoms with Crippen molar-refractivity contribution in [2.75, 3.05) is 0 Å². The predicted molar refractivity (Wildman–Crippen MR) is 55.8 cm³/mol. The van der Waals surface area contributed by atoms with Gasteiger partial charge in [-0.25, -0.2) is 0 Å². The van der Waals surface area contributed by atoms with E-state index in [0.717, 1.165) is 6.42 Å². The Hall–Kier alpha value is -0.570. The average molecular weight is 199 g/mol. The minimum Gasteiger partial charge on any atom is -0.390 e. The number of amides is 1. The molecule has 1 heterocycles. The van der Waals surface area contributed by atoms with Crippen molar-refractivity contribution in [3.8, 4) is 0 Å². The van der Waals surface area contributed by atoms with Gasteiger partial charge < -0.3 is 10.0 Å². The topological polar surface area (TPSA) is 40.5 Å². The van der Waals surface area contributed by atoms with Crippen LogP contribution < -0.4 is 0 Å². The van der Waals surface area contributed by atoms with Crippen molar-refractivity contribution in [3.05, 3.63) is 0 Å². The summed E-state index contributed by atoms with van der Waals surface area (Å²) < 4.78 is 0. The van der Waals surface area contributed by atoms with E-state index in [0.29, 0.717) is 12.3 Å². The van der Waals surface area contributed by atoms with E-state index >= 15 is 0 Å². The lowest BCUT2D eigenvalue weighted by Crippen LogP contribution is -2.42. The van der Waals surface area contributed by atoms with Gasteiger partial charge in [0.2, 0.25) is 5.91 Å². The van der Waals surface area contributed by atoms with Crippen LogP contribution in [-0.2, 0) is 4.79 Å². The lowest BCUT2D eigenvalue weighted by Gasteiger charge is -2.31. The summed E-state index contributed by atoms with van der Waals surface area (Å²) in [5.41, 5.74) is 0. The second-order valence-electron chi connectivity index (χ2n) is 4.86. The highest BCUT2D eigenvalue weighted by Crippen LogP contribution is 2.26. The van der Waals surface area contributed by atoms with Gasteiger partial charge in [-0.3, -0.25) is 4.79 Å². The summed E-state index contributed by atoms with van der Waals surface area (Å²) in [7, 11) is 0. The SMILES string of the molecule is CC(C)CC1C(O)CC(=O)N1C(C)C. The fraction of sp³-hybridized carbons (Fsp3) is 0.909. The van der Waals surface area contributed by atoms with E-state index in [4.69, 9.17) is 0 Å². The van der Waals surface area contributed by atoms with Crippen LogP contribution in [0.15, 0.2) is 0 Å². The third kappa shape index (κ3) is 2.27. The number of aliphatic hydroxyl groups is 1. The summed E-state index contributed by atoms with van der Waals surface area (Å²) in [6, 6.07) is 0.228. The van der Waals surface area contributed by atoms with Gasteiger partial charge in [0.15, 0.2) is 0 Å². The first-order chi connectivity index (χ1) is 6.43. The van der Waals surface area contributed by atoms with Crippen molar-refractivity contribution < 1.29 is 9.90 Å². The summed E-state index contributed by atoms with van der Waals surface area (Å²) >= 11 is 0. The molecule has 1 aliphatic heterocycles. The van der Waals surface area contributed by atoms with E-state index in [2.05, 4.69) is 13.8 Å². The normalized spacial score (nSPS) is 28.2. The number of nitrogens with zero attached hydrogens (tertiary/aromatic N) is 1. The Kier molecular flexibility index (Phi) is 3.53. The molecule has 1 N–H and O–H groups in total. The van der Waals surface area contributed by atoms with Gasteiger partial charge in [-0.2, -0.15) is 0 Å². The molecule has 3 nitrogen and oxygen atoms in total. The summed E-state index contributed by atoms with van der Waals surface area (Å²) in [5, 5.41) is 9.77.